The third kappa shape index (κ3) is 6.78. The maximum atomic E-state index is 13.3. The fraction of sp³-hybridized carbons (Fsp3) is 0.154. The molecule has 0 unspecified atom stereocenters. The quantitative estimate of drug-likeness (QED) is 0.382. The fourth-order valence-electron chi connectivity index (χ4n) is 3.21. The van der Waals surface area contributed by atoms with Crippen LogP contribution >= 0.6 is 15.9 Å². The Kier molecular flexibility index (Phi) is 8.80. The van der Waals surface area contributed by atoms with E-state index >= 15 is 0 Å². The van der Waals surface area contributed by atoms with Crippen molar-refractivity contribution in [3.05, 3.63) is 107 Å². The second-order valence-corrected chi connectivity index (χ2v) is 8.08. The molecular weight excluding hydrogens is 484 g/mol. The van der Waals surface area contributed by atoms with Crippen molar-refractivity contribution in [3.63, 3.8) is 0 Å². The van der Waals surface area contributed by atoms with Gasteiger partial charge in [-0.2, -0.15) is 0 Å². The lowest BCUT2D eigenvalue weighted by molar-refractivity contribution is -0.118. The van der Waals surface area contributed by atoms with Gasteiger partial charge in [-0.05, 0) is 57.7 Å². The van der Waals surface area contributed by atoms with Gasteiger partial charge in [0.05, 0.1) is 24.2 Å². The maximum Gasteiger partial charge on any atom is 0.269 e. The van der Waals surface area contributed by atoms with Crippen molar-refractivity contribution in [1.29, 1.82) is 0 Å². The fourth-order valence-corrected chi connectivity index (χ4v) is 3.73. The molecule has 0 aliphatic carbocycles. The van der Waals surface area contributed by atoms with Gasteiger partial charge in [0.15, 0.2) is 0 Å². The van der Waals surface area contributed by atoms with E-state index in [1.54, 1.807) is 55.6 Å². The van der Waals surface area contributed by atoms with Gasteiger partial charge in [0.1, 0.15) is 11.4 Å². The predicted molar refractivity (Wildman–Crippen MR) is 132 cm³/mol. The highest BCUT2D eigenvalue weighted by molar-refractivity contribution is 9.15. The van der Waals surface area contributed by atoms with Crippen LogP contribution in [0.5, 0.6) is 5.75 Å². The number of hydrogen-bond acceptors (Lipinski definition) is 4. The van der Waals surface area contributed by atoms with E-state index in [9.17, 15) is 14.7 Å². The molecule has 0 heterocycles. The van der Waals surface area contributed by atoms with Gasteiger partial charge in [0.2, 0.25) is 0 Å². The number of rotatable bonds is 9. The molecule has 3 aromatic carbocycles. The lowest BCUT2D eigenvalue weighted by Crippen LogP contribution is -2.43. The Morgan fingerprint density at radius 3 is 2.21 bits per heavy atom. The zero-order chi connectivity index (χ0) is 23.6. The first-order chi connectivity index (χ1) is 16.0. The molecule has 33 heavy (non-hydrogen) atoms. The minimum atomic E-state index is -0.533. The zero-order valence-corrected chi connectivity index (χ0v) is 19.7. The van der Waals surface area contributed by atoms with Crippen LogP contribution in [0.2, 0.25) is 0 Å². The molecule has 0 saturated carbocycles. The van der Waals surface area contributed by atoms with Crippen LogP contribution in [-0.4, -0.2) is 36.7 Å². The van der Waals surface area contributed by atoms with Crippen molar-refractivity contribution in [1.82, 2.24) is 10.6 Å². The molecular formula is C26H25BrN2O4. The SMILES string of the molecule is COc1cccc(/C(Br)=C(/NC(=O)c2ccccc2)C(=O)N[C@H](CO)Cc2ccccc2)c1. The van der Waals surface area contributed by atoms with Gasteiger partial charge in [-0.15, -0.1) is 0 Å². The summed E-state index contributed by atoms with van der Waals surface area (Å²) in [6.07, 6.45) is 0.444. The monoisotopic (exact) mass is 508 g/mol. The van der Waals surface area contributed by atoms with Crippen LogP contribution in [0.3, 0.4) is 0 Å². The summed E-state index contributed by atoms with van der Waals surface area (Å²) in [4.78, 5) is 26.1. The second-order valence-electron chi connectivity index (χ2n) is 7.28. The molecule has 0 fully saturated rings. The summed E-state index contributed by atoms with van der Waals surface area (Å²) in [5.41, 5.74) is 2.07. The minimum Gasteiger partial charge on any atom is -0.497 e. The van der Waals surface area contributed by atoms with Crippen LogP contribution in [0.4, 0.5) is 0 Å². The molecule has 0 radical (unpaired) electrons. The number of methoxy groups -OCH3 is 1. The number of aliphatic hydroxyl groups is 1. The molecule has 0 saturated heterocycles. The van der Waals surface area contributed by atoms with Gasteiger partial charge in [-0.3, -0.25) is 9.59 Å². The van der Waals surface area contributed by atoms with E-state index < -0.39 is 17.9 Å². The standard InChI is InChI=1S/C26H25BrN2O4/c1-33-22-14-8-13-20(16-22)23(27)24(29-25(31)19-11-6-3-7-12-19)26(32)28-21(17-30)15-18-9-4-2-5-10-18/h2-14,16,21,30H,15,17H2,1H3,(H,28,32)(H,29,31)/b24-23-/t21-/m0/s1. The molecule has 2 amide bonds. The van der Waals surface area contributed by atoms with Gasteiger partial charge in [0, 0.05) is 5.56 Å². The third-order valence-corrected chi connectivity index (χ3v) is 5.78. The van der Waals surface area contributed by atoms with Gasteiger partial charge in [-0.25, -0.2) is 0 Å². The summed E-state index contributed by atoms with van der Waals surface area (Å²) < 4.78 is 5.67. The number of nitrogens with one attached hydrogen (secondary N) is 2. The molecule has 1 atom stereocenters. The Morgan fingerprint density at radius 2 is 1.58 bits per heavy atom. The van der Waals surface area contributed by atoms with E-state index in [4.69, 9.17) is 4.74 Å². The number of carbonyl (C=O) groups is 2. The highest BCUT2D eigenvalue weighted by atomic mass is 79.9. The Morgan fingerprint density at radius 1 is 0.939 bits per heavy atom. The third-order valence-electron chi connectivity index (χ3n) is 4.92. The summed E-state index contributed by atoms with van der Waals surface area (Å²) in [5, 5.41) is 15.4. The van der Waals surface area contributed by atoms with Crippen LogP contribution in [0, 0.1) is 0 Å². The van der Waals surface area contributed by atoms with E-state index in [0.717, 1.165) is 5.56 Å². The van der Waals surface area contributed by atoms with Crippen LogP contribution in [0.15, 0.2) is 90.6 Å². The molecule has 6 nitrogen and oxygen atoms in total. The predicted octanol–water partition coefficient (Wildman–Crippen LogP) is 3.91. The summed E-state index contributed by atoms with van der Waals surface area (Å²) in [7, 11) is 1.55. The molecule has 3 N–H and O–H groups in total. The second kappa shape index (κ2) is 12.0. The highest BCUT2D eigenvalue weighted by Crippen LogP contribution is 2.27. The van der Waals surface area contributed by atoms with E-state index in [0.29, 0.717) is 27.8 Å². The number of carbonyl (C=O) groups excluding carboxylic acids is 2. The van der Waals surface area contributed by atoms with Gasteiger partial charge in [0.25, 0.3) is 11.8 Å². The Balaban J connectivity index is 1.91. The molecule has 3 rings (SSSR count). The smallest absolute Gasteiger partial charge is 0.269 e. The maximum absolute atomic E-state index is 13.3. The first-order valence-corrected chi connectivity index (χ1v) is 11.2. The van der Waals surface area contributed by atoms with Gasteiger partial charge >= 0.3 is 0 Å². The van der Waals surface area contributed by atoms with E-state index in [-0.39, 0.29) is 12.3 Å². The Hall–Kier alpha value is -3.42. The van der Waals surface area contributed by atoms with Crippen LogP contribution in [0.25, 0.3) is 4.48 Å². The highest BCUT2D eigenvalue weighted by Gasteiger charge is 2.22. The average Bonchev–Trinajstić information content (AvgIpc) is 2.87. The summed E-state index contributed by atoms with van der Waals surface area (Å²) in [5.74, 6) is -0.343. The Bertz CT molecular complexity index is 1120. The number of ether oxygens (including phenoxy) is 1. The van der Waals surface area contributed by atoms with E-state index in [1.807, 2.05) is 36.4 Å². The molecule has 0 bridgehead atoms. The zero-order valence-electron chi connectivity index (χ0n) is 18.1. The van der Waals surface area contributed by atoms with Crippen LogP contribution in [0.1, 0.15) is 21.5 Å². The molecule has 0 spiro atoms. The number of aliphatic hydroxyl groups excluding tert-OH is 1. The number of hydrogen-bond donors (Lipinski definition) is 3. The summed E-state index contributed by atoms with van der Waals surface area (Å²) in [6.45, 7) is -0.253. The van der Waals surface area contributed by atoms with Crippen molar-refractivity contribution in [2.75, 3.05) is 13.7 Å². The lowest BCUT2D eigenvalue weighted by Gasteiger charge is -2.19. The largest absolute Gasteiger partial charge is 0.497 e. The van der Waals surface area contributed by atoms with Crippen LogP contribution < -0.4 is 15.4 Å². The van der Waals surface area contributed by atoms with Crippen molar-refractivity contribution in [2.24, 2.45) is 0 Å². The minimum absolute atomic E-state index is 0.0311. The summed E-state index contributed by atoms with van der Waals surface area (Å²) in [6, 6.07) is 24.8. The Labute approximate surface area is 201 Å². The first kappa shape index (κ1) is 24.2. The van der Waals surface area contributed by atoms with E-state index in [2.05, 4.69) is 26.6 Å². The van der Waals surface area contributed by atoms with Crippen molar-refractivity contribution in [3.8, 4) is 5.75 Å². The number of amides is 2. The topological polar surface area (TPSA) is 87.7 Å². The van der Waals surface area contributed by atoms with E-state index in [1.165, 1.54) is 0 Å². The molecule has 170 valence electrons. The normalized spacial score (nSPS) is 12.3. The summed E-state index contributed by atoms with van der Waals surface area (Å²) >= 11 is 3.48. The average molecular weight is 509 g/mol. The molecule has 7 heteroatoms. The van der Waals surface area contributed by atoms with Crippen molar-refractivity contribution < 1.29 is 19.4 Å². The van der Waals surface area contributed by atoms with Gasteiger partial charge < -0.3 is 20.5 Å². The van der Waals surface area contributed by atoms with Crippen molar-refractivity contribution >= 4 is 32.2 Å². The first-order valence-electron chi connectivity index (χ1n) is 10.4. The van der Waals surface area contributed by atoms with Crippen LogP contribution in [-0.2, 0) is 11.2 Å². The number of halogens is 1. The molecule has 0 aromatic heterocycles. The van der Waals surface area contributed by atoms with Crippen molar-refractivity contribution in [2.45, 2.75) is 12.5 Å². The lowest BCUT2D eigenvalue weighted by atomic mass is 10.1. The van der Waals surface area contributed by atoms with Gasteiger partial charge in [-0.1, -0.05) is 60.7 Å². The molecule has 3 aromatic rings. The molecule has 0 aliphatic rings. The number of benzene rings is 3. The molecule has 0 aliphatic heterocycles.